The van der Waals surface area contributed by atoms with E-state index >= 15 is 0 Å². The van der Waals surface area contributed by atoms with Gasteiger partial charge < -0.3 is 10.2 Å². The first-order chi connectivity index (χ1) is 10.3. The van der Waals surface area contributed by atoms with E-state index in [9.17, 15) is 0 Å². The summed E-state index contributed by atoms with van der Waals surface area (Å²) in [5, 5.41) is 3.63. The molecule has 0 aromatic carbocycles. The molecule has 0 spiro atoms. The van der Waals surface area contributed by atoms with Crippen molar-refractivity contribution in [2.45, 2.75) is 44.3 Å². The second-order valence-corrected chi connectivity index (χ2v) is 7.49. The fourth-order valence-corrected chi connectivity index (χ4v) is 3.99. The molecular formula is C16H23BrN4. The highest BCUT2D eigenvalue weighted by Gasteiger charge is 2.32. The summed E-state index contributed by atoms with van der Waals surface area (Å²) in [5.41, 5.74) is 1.34. The number of anilines is 1. The number of pyridine rings is 1. The Morgan fingerprint density at radius 3 is 3.00 bits per heavy atom. The SMILES string of the molecule is Brc1cnc(N2CCN3CCCC3C2)c(CNC2CC2)c1. The van der Waals surface area contributed by atoms with Crippen LogP contribution in [0.4, 0.5) is 5.82 Å². The summed E-state index contributed by atoms with van der Waals surface area (Å²) >= 11 is 3.57. The van der Waals surface area contributed by atoms with Gasteiger partial charge >= 0.3 is 0 Å². The van der Waals surface area contributed by atoms with Gasteiger partial charge in [-0.2, -0.15) is 0 Å². The van der Waals surface area contributed by atoms with Gasteiger partial charge in [0.25, 0.3) is 0 Å². The molecule has 3 heterocycles. The van der Waals surface area contributed by atoms with E-state index in [1.54, 1.807) is 0 Å². The van der Waals surface area contributed by atoms with Crippen LogP contribution in [0.15, 0.2) is 16.7 Å². The maximum absolute atomic E-state index is 4.73. The Kier molecular flexibility index (Phi) is 3.90. The molecule has 1 aromatic rings. The fraction of sp³-hybridized carbons (Fsp3) is 0.688. The van der Waals surface area contributed by atoms with Gasteiger partial charge in [-0.3, -0.25) is 4.90 Å². The van der Waals surface area contributed by atoms with Gasteiger partial charge in [-0.15, -0.1) is 0 Å². The lowest BCUT2D eigenvalue weighted by Gasteiger charge is -2.38. The number of fused-ring (bicyclic) bond motifs is 1. The molecule has 0 bridgehead atoms. The van der Waals surface area contributed by atoms with Gasteiger partial charge in [0.2, 0.25) is 0 Å². The summed E-state index contributed by atoms with van der Waals surface area (Å²) in [7, 11) is 0. The number of hydrogen-bond donors (Lipinski definition) is 1. The van der Waals surface area contributed by atoms with Crippen molar-refractivity contribution < 1.29 is 0 Å². The lowest BCUT2D eigenvalue weighted by atomic mass is 10.1. The minimum atomic E-state index is 0.739. The van der Waals surface area contributed by atoms with Crippen molar-refractivity contribution in [2.24, 2.45) is 0 Å². The molecule has 4 rings (SSSR count). The second kappa shape index (κ2) is 5.86. The molecule has 1 atom stereocenters. The minimum absolute atomic E-state index is 0.739. The first-order valence-electron chi connectivity index (χ1n) is 8.16. The molecule has 4 nitrogen and oxygen atoms in total. The molecule has 2 saturated heterocycles. The molecule has 1 aliphatic carbocycles. The van der Waals surface area contributed by atoms with Gasteiger partial charge in [-0.1, -0.05) is 0 Å². The molecule has 1 saturated carbocycles. The van der Waals surface area contributed by atoms with Gasteiger partial charge in [0.15, 0.2) is 0 Å². The zero-order valence-electron chi connectivity index (χ0n) is 12.4. The van der Waals surface area contributed by atoms with Crippen molar-refractivity contribution in [1.82, 2.24) is 15.2 Å². The minimum Gasteiger partial charge on any atom is -0.353 e. The molecule has 2 aliphatic heterocycles. The van der Waals surface area contributed by atoms with Crippen molar-refractivity contribution in [1.29, 1.82) is 0 Å². The lowest BCUT2D eigenvalue weighted by molar-refractivity contribution is 0.230. The summed E-state index contributed by atoms with van der Waals surface area (Å²) in [6.07, 6.45) is 7.32. The van der Waals surface area contributed by atoms with E-state index in [-0.39, 0.29) is 0 Å². The molecule has 0 amide bonds. The van der Waals surface area contributed by atoms with Gasteiger partial charge in [0.1, 0.15) is 5.82 Å². The summed E-state index contributed by atoms with van der Waals surface area (Å²) < 4.78 is 1.08. The van der Waals surface area contributed by atoms with Crippen molar-refractivity contribution in [3.05, 3.63) is 22.3 Å². The van der Waals surface area contributed by atoms with Crippen LogP contribution in [0.5, 0.6) is 0 Å². The molecule has 1 aromatic heterocycles. The zero-order valence-corrected chi connectivity index (χ0v) is 14.0. The molecule has 0 radical (unpaired) electrons. The standard InChI is InChI=1S/C16H23BrN4/c17-13-8-12(9-18-14-3-4-14)16(19-10-13)21-7-6-20-5-1-2-15(20)11-21/h8,10,14-15,18H,1-7,9,11H2. The van der Waals surface area contributed by atoms with E-state index in [0.717, 1.165) is 36.2 Å². The summed E-state index contributed by atoms with van der Waals surface area (Å²) in [5.74, 6) is 1.19. The van der Waals surface area contributed by atoms with Crippen molar-refractivity contribution in [3.63, 3.8) is 0 Å². The van der Waals surface area contributed by atoms with Crippen molar-refractivity contribution in [2.75, 3.05) is 31.1 Å². The van der Waals surface area contributed by atoms with Crippen LogP contribution < -0.4 is 10.2 Å². The molecule has 1 N–H and O–H groups in total. The smallest absolute Gasteiger partial charge is 0.133 e. The highest BCUT2D eigenvalue weighted by atomic mass is 79.9. The van der Waals surface area contributed by atoms with Crippen LogP contribution in [-0.4, -0.2) is 48.1 Å². The molecule has 114 valence electrons. The highest BCUT2D eigenvalue weighted by Crippen LogP contribution is 2.28. The third-order valence-electron chi connectivity index (χ3n) is 4.95. The Hall–Kier alpha value is -0.650. The van der Waals surface area contributed by atoms with Crippen LogP contribution in [0.1, 0.15) is 31.2 Å². The number of aromatic nitrogens is 1. The van der Waals surface area contributed by atoms with Crippen LogP contribution >= 0.6 is 15.9 Å². The molecule has 3 aliphatic rings. The largest absolute Gasteiger partial charge is 0.353 e. The number of hydrogen-bond acceptors (Lipinski definition) is 4. The second-order valence-electron chi connectivity index (χ2n) is 6.57. The summed E-state index contributed by atoms with van der Waals surface area (Å²) in [4.78, 5) is 9.89. The Labute approximate surface area is 135 Å². The van der Waals surface area contributed by atoms with Gasteiger partial charge in [0.05, 0.1) is 0 Å². The number of nitrogens with one attached hydrogen (secondary N) is 1. The van der Waals surface area contributed by atoms with Crippen LogP contribution in [0.25, 0.3) is 0 Å². The van der Waals surface area contributed by atoms with Crippen LogP contribution in [0.3, 0.4) is 0 Å². The number of halogens is 1. The Morgan fingerprint density at radius 1 is 1.24 bits per heavy atom. The van der Waals surface area contributed by atoms with E-state index in [1.165, 1.54) is 50.2 Å². The van der Waals surface area contributed by atoms with Crippen LogP contribution in [-0.2, 0) is 6.54 Å². The maximum atomic E-state index is 4.73. The van der Waals surface area contributed by atoms with Crippen molar-refractivity contribution in [3.8, 4) is 0 Å². The van der Waals surface area contributed by atoms with E-state index in [1.807, 2.05) is 6.20 Å². The molecule has 5 heteroatoms. The molecular weight excluding hydrogens is 328 g/mol. The Morgan fingerprint density at radius 2 is 2.14 bits per heavy atom. The van der Waals surface area contributed by atoms with Gasteiger partial charge in [-0.25, -0.2) is 4.98 Å². The predicted molar refractivity (Wildman–Crippen MR) is 88.6 cm³/mol. The predicted octanol–water partition coefficient (Wildman–Crippen LogP) is 2.38. The zero-order chi connectivity index (χ0) is 14.2. The average Bonchev–Trinajstić information content (AvgIpc) is 3.20. The Balaban J connectivity index is 1.52. The first kappa shape index (κ1) is 14.0. The van der Waals surface area contributed by atoms with Gasteiger partial charge in [-0.05, 0) is 54.2 Å². The summed E-state index contributed by atoms with van der Waals surface area (Å²) in [6.45, 7) is 5.68. The number of piperazine rings is 1. The highest BCUT2D eigenvalue weighted by molar-refractivity contribution is 9.10. The van der Waals surface area contributed by atoms with E-state index in [2.05, 4.69) is 37.1 Å². The summed E-state index contributed by atoms with van der Waals surface area (Å²) in [6, 6.07) is 3.72. The number of rotatable bonds is 4. The van der Waals surface area contributed by atoms with Crippen LogP contribution in [0, 0.1) is 0 Å². The average molecular weight is 351 g/mol. The topological polar surface area (TPSA) is 31.4 Å². The van der Waals surface area contributed by atoms with Crippen molar-refractivity contribution >= 4 is 21.7 Å². The third kappa shape index (κ3) is 3.10. The Bertz CT molecular complexity index is 517. The lowest BCUT2D eigenvalue weighted by Crippen LogP contribution is -2.50. The molecule has 1 unspecified atom stereocenters. The quantitative estimate of drug-likeness (QED) is 0.903. The normalized spacial score (nSPS) is 26.1. The monoisotopic (exact) mass is 350 g/mol. The fourth-order valence-electron chi connectivity index (χ4n) is 3.61. The van der Waals surface area contributed by atoms with E-state index in [0.29, 0.717) is 0 Å². The first-order valence-corrected chi connectivity index (χ1v) is 8.96. The van der Waals surface area contributed by atoms with Gasteiger partial charge in [0, 0.05) is 54.5 Å². The van der Waals surface area contributed by atoms with E-state index in [4.69, 9.17) is 4.98 Å². The van der Waals surface area contributed by atoms with Crippen LogP contribution in [0.2, 0.25) is 0 Å². The number of nitrogens with zero attached hydrogens (tertiary/aromatic N) is 3. The molecule has 21 heavy (non-hydrogen) atoms. The van der Waals surface area contributed by atoms with E-state index < -0.39 is 0 Å². The third-order valence-corrected chi connectivity index (χ3v) is 5.39. The maximum Gasteiger partial charge on any atom is 0.133 e. The molecule has 3 fully saturated rings.